The molecule has 2 aromatic carbocycles. The molecule has 26 heavy (non-hydrogen) atoms. The van der Waals surface area contributed by atoms with Crippen LogP contribution in [0.2, 0.25) is 0 Å². The molecule has 134 valence electrons. The number of hydrogen-bond acceptors (Lipinski definition) is 5. The first kappa shape index (κ1) is 17.8. The number of carbonyl (C=O) groups excluding carboxylic acids is 1. The van der Waals surface area contributed by atoms with Crippen LogP contribution in [-0.4, -0.2) is 47.7 Å². The van der Waals surface area contributed by atoms with Crippen LogP contribution in [-0.2, 0) is 10.0 Å². The van der Waals surface area contributed by atoms with E-state index < -0.39 is 15.9 Å². The third kappa shape index (κ3) is 3.63. The van der Waals surface area contributed by atoms with Crippen molar-refractivity contribution < 1.29 is 13.2 Å². The van der Waals surface area contributed by atoms with Gasteiger partial charge in [0.1, 0.15) is 0 Å². The fraction of sp³-hybridized carbons (Fsp3) is 0.118. The van der Waals surface area contributed by atoms with Crippen LogP contribution in [0.1, 0.15) is 10.5 Å². The fourth-order valence-corrected chi connectivity index (χ4v) is 3.16. The SMILES string of the molecule is CN(C)S(=O)(=O)c1cccc(NC(=O)c2cn(-c3ccccc3)nn2)c1. The summed E-state index contributed by atoms with van der Waals surface area (Å²) in [5.41, 5.74) is 1.25. The number of rotatable bonds is 5. The van der Waals surface area contributed by atoms with Crippen LogP contribution in [0, 0.1) is 0 Å². The van der Waals surface area contributed by atoms with Gasteiger partial charge in [-0.1, -0.05) is 29.5 Å². The van der Waals surface area contributed by atoms with E-state index >= 15 is 0 Å². The number of nitrogens with one attached hydrogen (secondary N) is 1. The molecule has 0 spiro atoms. The van der Waals surface area contributed by atoms with Crippen LogP contribution in [0.5, 0.6) is 0 Å². The summed E-state index contributed by atoms with van der Waals surface area (Å²) in [6.07, 6.45) is 1.51. The van der Waals surface area contributed by atoms with E-state index in [-0.39, 0.29) is 10.6 Å². The zero-order valence-corrected chi connectivity index (χ0v) is 15.0. The zero-order valence-electron chi connectivity index (χ0n) is 14.2. The van der Waals surface area contributed by atoms with Gasteiger partial charge in [-0.2, -0.15) is 0 Å². The molecule has 1 aromatic heterocycles. The molecule has 1 amide bonds. The summed E-state index contributed by atoms with van der Waals surface area (Å²) in [6, 6.07) is 15.3. The Bertz CT molecular complexity index is 1030. The van der Waals surface area contributed by atoms with Gasteiger partial charge in [0.15, 0.2) is 5.69 Å². The number of anilines is 1. The van der Waals surface area contributed by atoms with Crippen LogP contribution in [0.4, 0.5) is 5.69 Å². The van der Waals surface area contributed by atoms with E-state index in [9.17, 15) is 13.2 Å². The van der Waals surface area contributed by atoms with Crippen LogP contribution >= 0.6 is 0 Å². The molecule has 1 heterocycles. The van der Waals surface area contributed by atoms with Gasteiger partial charge < -0.3 is 5.32 Å². The van der Waals surface area contributed by atoms with Crippen molar-refractivity contribution in [2.75, 3.05) is 19.4 Å². The lowest BCUT2D eigenvalue weighted by molar-refractivity contribution is 0.102. The number of para-hydroxylation sites is 1. The molecule has 3 aromatic rings. The van der Waals surface area contributed by atoms with Gasteiger partial charge in [-0.25, -0.2) is 17.4 Å². The Kier molecular flexibility index (Phi) is 4.83. The molecular weight excluding hydrogens is 354 g/mol. The Balaban J connectivity index is 1.80. The maximum atomic E-state index is 12.4. The van der Waals surface area contributed by atoms with Crippen LogP contribution in [0.3, 0.4) is 0 Å². The van der Waals surface area contributed by atoms with Gasteiger partial charge in [-0.3, -0.25) is 4.79 Å². The highest BCUT2D eigenvalue weighted by molar-refractivity contribution is 7.89. The average molecular weight is 371 g/mol. The molecule has 0 saturated carbocycles. The number of nitrogens with zero attached hydrogens (tertiary/aromatic N) is 4. The van der Waals surface area contributed by atoms with E-state index in [1.165, 1.54) is 37.1 Å². The lowest BCUT2D eigenvalue weighted by atomic mass is 10.3. The topological polar surface area (TPSA) is 97.2 Å². The first-order valence-corrected chi connectivity index (χ1v) is 9.13. The van der Waals surface area contributed by atoms with E-state index in [0.717, 1.165) is 9.99 Å². The minimum atomic E-state index is -3.58. The second-order valence-electron chi connectivity index (χ2n) is 5.65. The van der Waals surface area contributed by atoms with E-state index in [1.54, 1.807) is 12.1 Å². The minimum Gasteiger partial charge on any atom is -0.321 e. The van der Waals surface area contributed by atoms with Gasteiger partial charge in [0, 0.05) is 19.8 Å². The summed E-state index contributed by atoms with van der Waals surface area (Å²) in [7, 11) is -0.688. The summed E-state index contributed by atoms with van der Waals surface area (Å²) in [5, 5.41) is 10.4. The molecule has 8 nitrogen and oxygen atoms in total. The fourth-order valence-electron chi connectivity index (χ4n) is 2.22. The van der Waals surface area contributed by atoms with Crippen LogP contribution in [0.15, 0.2) is 65.7 Å². The van der Waals surface area contributed by atoms with Crippen molar-refractivity contribution in [2.24, 2.45) is 0 Å². The largest absolute Gasteiger partial charge is 0.321 e. The molecule has 0 saturated heterocycles. The van der Waals surface area contributed by atoms with Gasteiger partial charge in [0.25, 0.3) is 5.91 Å². The Hall–Kier alpha value is -3.04. The standard InChI is InChI=1S/C17H17N5O3S/c1-21(2)26(24,25)15-10-6-7-13(11-15)18-17(23)16-12-22(20-19-16)14-8-4-3-5-9-14/h3-12H,1-2H3,(H,18,23). The highest BCUT2D eigenvalue weighted by atomic mass is 32.2. The number of aromatic nitrogens is 3. The summed E-state index contributed by atoms with van der Waals surface area (Å²) >= 11 is 0. The average Bonchev–Trinajstić information content (AvgIpc) is 3.13. The molecule has 0 unspecified atom stereocenters. The zero-order chi connectivity index (χ0) is 18.7. The number of amides is 1. The maximum Gasteiger partial charge on any atom is 0.277 e. The first-order valence-electron chi connectivity index (χ1n) is 7.69. The van der Waals surface area contributed by atoms with Gasteiger partial charge >= 0.3 is 0 Å². The molecule has 1 N–H and O–H groups in total. The van der Waals surface area contributed by atoms with Gasteiger partial charge in [-0.15, -0.1) is 5.10 Å². The highest BCUT2D eigenvalue weighted by Crippen LogP contribution is 2.18. The van der Waals surface area contributed by atoms with Crippen molar-refractivity contribution in [1.82, 2.24) is 19.3 Å². The number of carbonyl (C=O) groups is 1. The monoisotopic (exact) mass is 371 g/mol. The molecule has 0 aliphatic heterocycles. The summed E-state index contributed by atoms with van der Waals surface area (Å²) in [4.78, 5) is 12.5. The number of hydrogen-bond donors (Lipinski definition) is 1. The summed E-state index contributed by atoms with van der Waals surface area (Å²) < 4.78 is 27.0. The Labute approximate surface area is 151 Å². The summed E-state index contributed by atoms with van der Waals surface area (Å²) in [5.74, 6) is -0.480. The third-order valence-electron chi connectivity index (χ3n) is 3.62. The molecule has 0 aliphatic carbocycles. The second kappa shape index (κ2) is 7.06. The van der Waals surface area contributed by atoms with Crippen LogP contribution < -0.4 is 5.32 Å². The Morgan fingerprint density at radius 2 is 1.81 bits per heavy atom. The van der Waals surface area contributed by atoms with Crippen LogP contribution in [0.25, 0.3) is 5.69 Å². The van der Waals surface area contributed by atoms with Crippen molar-refractivity contribution in [3.05, 3.63) is 66.5 Å². The minimum absolute atomic E-state index is 0.0910. The normalized spacial score (nSPS) is 11.5. The second-order valence-corrected chi connectivity index (χ2v) is 7.81. The van der Waals surface area contributed by atoms with Gasteiger partial charge in [0.05, 0.1) is 16.8 Å². The van der Waals surface area contributed by atoms with Crippen molar-refractivity contribution in [2.45, 2.75) is 4.90 Å². The molecule has 0 fully saturated rings. The van der Waals surface area contributed by atoms with E-state index in [1.807, 2.05) is 30.3 Å². The predicted octanol–water partition coefficient (Wildman–Crippen LogP) is 1.77. The molecule has 0 bridgehead atoms. The van der Waals surface area contributed by atoms with E-state index in [4.69, 9.17) is 0 Å². The van der Waals surface area contributed by atoms with Crippen molar-refractivity contribution >= 4 is 21.6 Å². The number of benzene rings is 2. The van der Waals surface area contributed by atoms with Crippen molar-refractivity contribution in [1.29, 1.82) is 0 Å². The lowest BCUT2D eigenvalue weighted by Crippen LogP contribution is -2.22. The lowest BCUT2D eigenvalue weighted by Gasteiger charge is -2.12. The van der Waals surface area contributed by atoms with Gasteiger partial charge in [-0.05, 0) is 30.3 Å². The smallest absolute Gasteiger partial charge is 0.277 e. The maximum absolute atomic E-state index is 12.4. The molecule has 0 radical (unpaired) electrons. The quantitative estimate of drug-likeness (QED) is 0.737. The predicted molar refractivity (Wildman–Crippen MR) is 96.6 cm³/mol. The molecule has 9 heteroatoms. The van der Waals surface area contributed by atoms with Gasteiger partial charge in [0.2, 0.25) is 10.0 Å². The Morgan fingerprint density at radius 1 is 1.08 bits per heavy atom. The summed E-state index contributed by atoms with van der Waals surface area (Å²) in [6.45, 7) is 0. The molecule has 0 atom stereocenters. The van der Waals surface area contributed by atoms with Crippen molar-refractivity contribution in [3.8, 4) is 5.69 Å². The highest BCUT2D eigenvalue weighted by Gasteiger charge is 2.18. The van der Waals surface area contributed by atoms with E-state index in [0.29, 0.717) is 5.69 Å². The van der Waals surface area contributed by atoms with Crippen molar-refractivity contribution in [3.63, 3.8) is 0 Å². The molecule has 0 aliphatic rings. The molecule has 3 rings (SSSR count). The molecular formula is C17H17N5O3S. The third-order valence-corrected chi connectivity index (χ3v) is 5.43. The van der Waals surface area contributed by atoms with E-state index in [2.05, 4.69) is 15.6 Å². The first-order chi connectivity index (χ1) is 12.4. The number of sulfonamides is 1. The Morgan fingerprint density at radius 3 is 2.50 bits per heavy atom.